The van der Waals surface area contributed by atoms with Crippen LogP contribution in [0.2, 0.25) is 0 Å². The Morgan fingerprint density at radius 3 is 2.79 bits per heavy atom. The van der Waals surface area contributed by atoms with Crippen molar-refractivity contribution in [3.05, 3.63) is 30.3 Å². The molecule has 2 heterocycles. The Hall–Kier alpha value is -2.04. The first-order chi connectivity index (χ1) is 9.24. The minimum absolute atomic E-state index is 0.171. The molecule has 3 rings (SSSR count). The normalized spacial score (nSPS) is 22.3. The number of carbonyl (C=O) groups is 2. The average Bonchev–Trinajstić information content (AvgIpc) is 2.81. The summed E-state index contributed by atoms with van der Waals surface area (Å²) >= 11 is 0. The van der Waals surface area contributed by atoms with Crippen LogP contribution in [0, 0.1) is 0 Å². The molecule has 0 radical (unpaired) electrons. The lowest BCUT2D eigenvalue weighted by Gasteiger charge is -2.36. The van der Waals surface area contributed by atoms with E-state index in [2.05, 4.69) is 0 Å². The highest BCUT2D eigenvalue weighted by Crippen LogP contribution is 2.23. The van der Waals surface area contributed by atoms with Crippen LogP contribution >= 0.6 is 0 Å². The first kappa shape index (κ1) is 12.0. The molecule has 0 bridgehead atoms. The van der Waals surface area contributed by atoms with Crippen molar-refractivity contribution in [1.29, 1.82) is 0 Å². The largest absolute Gasteiger partial charge is 0.415 e. The number of hydrogen-bond donors (Lipinski definition) is 0. The third-order valence-corrected chi connectivity index (χ3v) is 3.70. The van der Waals surface area contributed by atoms with Crippen LogP contribution < -0.4 is 4.74 Å². The zero-order valence-electron chi connectivity index (χ0n) is 10.6. The topological polar surface area (TPSA) is 49.9 Å². The molecule has 2 amide bonds. The van der Waals surface area contributed by atoms with Gasteiger partial charge in [0.15, 0.2) is 0 Å². The second-order valence-corrected chi connectivity index (χ2v) is 4.91. The number of hydrogen-bond acceptors (Lipinski definition) is 3. The lowest BCUT2D eigenvalue weighted by atomic mass is 10.2. The summed E-state index contributed by atoms with van der Waals surface area (Å²) in [5.41, 5.74) is 0. The molecule has 1 atom stereocenters. The number of benzene rings is 1. The van der Waals surface area contributed by atoms with Crippen LogP contribution in [0.3, 0.4) is 0 Å². The summed E-state index contributed by atoms with van der Waals surface area (Å²) in [6, 6.07) is 9.22. The van der Waals surface area contributed by atoms with Crippen molar-refractivity contribution >= 4 is 12.0 Å². The maximum atomic E-state index is 12.0. The van der Waals surface area contributed by atoms with E-state index in [4.69, 9.17) is 4.74 Å². The number of amides is 2. The van der Waals surface area contributed by atoms with Crippen molar-refractivity contribution in [3.8, 4) is 5.75 Å². The summed E-state index contributed by atoms with van der Waals surface area (Å²) in [6.07, 6.45) is 1.12. The van der Waals surface area contributed by atoms with Gasteiger partial charge in [0.25, 0.3) is 0 Å². The second kappa shape index (κ2) is 4.91. The van der Waals surface area contributed by atoms with E-state index in [-0.39, 0.29) is 18.0 Å². The van der Waals surface area contributed by atoms with Crippen LogP contribution in [-0.4, -0.2) is 47.5 Å². The maximum absolute atomic E-state index is 12.0. The monoisotopic (exact) mass is 260 g/mol. The molecule has 0 aromatic heterocycles. The van der Waals surface area contributed by atoms with Gasteiger partial charge in [-0.15, -0.1) is 0 Å². The highest BCUT2D eigenvalue weighted by molar-refractivity contribution is 5.79. The van der Waals surface area contributed by atoms with Crippen LogP contribution in [0.25, 0.3) is 0 Å². The third kappa shape index (κ3) is 2.41. The van der Waals surface area contributed by atoms with Gasteiger partial charge in [0.2, 0.25) is 5.91 Å². The number of ether oxygens (including phenoxy) is 1. The van der Waals surface area contributed by atoms with E-state index < -0.39 is 0 Å². The minimum atomic E-state index is -0.329. The number of nitrogens with zero attached hydrogens (tertiary/aromatic N) is 2. The summed E-state index contributed by atoms with van der Waals surface area (Å²) in [4.78, 5) is 27.2. The zero-order valence-corrected chi connectivity index (χ0v) is 10.6. The Kier molecular flexibility index (Phi) is 3.11. The van der Waals surface area contributed by atoms with Gasteiger partial charge in [-0.1, -0.05) is 18.2 Å². The van der Waals surface area contributed by atoms with Crippen molar-refractivity contribution in [1.82, 2.24) is 9.80 Å². The molecule has 2 fully saturated rings. The average molecular weight is 260 g/mol. The Labute approximate surface area is 111 Å². The van der Waals surface area contributed by atoms with Crippen LogP contribution in [0.1, 0.15) is 12.8 Å². The number of rotatable bonds is 1. The molecule has 19 heavy (non-hydrogen) atoms. The summed E-state index contributed by atoms with van der Waals surface area (Å²) in [5.74, 6) is 0.763. The number of carbonyl (C=O) groups excluding carboxylic acids is 2. The van der Waals surface area contributed by atoms with Gasteiger partial charge in [-0.05, 0) is 18.6 Å². The van der Waals surface area contributed by atoms with Crippen LogP contribution in [0.4, 0.5) is 4.79 Å². The summed E-state index contributed by atoms with van der Waals surface area (Å²) in [5, 5.41) is 0. The van der Waals surface area contributed by atoms with Crippen LogP contribution in [0.5, 0.6) is 5.75 Å². The molecular formula is C14H16N2O3. The van der Waals surface area contributed by atoms with Gasteiger partial charge in [-0.2, -0.15) is 0 Å². The standard InChI is InChI=1S/C14H16N2O3/c17-13-7-6-11-10-15(8-9-16(11)13)14(18)19-12-4-2-1-3-5-12/h1-5,11H,6-10H2. The lowest BCUT2D eigenvalue weighted by Crippen LogP contribution is -2.53. The molecule has 2 aliphatic rings. The first-order valence-electron chi connectivity index (χ1n) is 6.55. The van der Waals surface area contributed by atoms with E-state index in [0.717, 1.165) is 6.42 Å². The third-order valence-electron chi connectivity index (χ3n) is 3.70. The molecular weight excluding hydrogens is 244 g/mol. The smallest absolute Gasteiger partial charge is 0.410 e. The molecule has 2 saturated heterocycles. The number of piperazine rings is 1. The predicted octanol–water partition coefficient (Wildman–Crippen LogP) is 1.49. The molecule has 1 aromatic rings. The fraction of sp³-hybridized carbons (Fsp3) is 0.429. The Bertz CT molecular complexity index is 489. The van der Waals surface area contributed by atoms with Crippen molar-refractivity contribution in [3.63, 3.8) is 0 Å². The quantitative estimate of drug-likeness (QED) is 0.768. The minimum Gasteiger partial charge on any atom is -0.410 e. The lowest BCUT2D eigenvalue weighted by molar-refractivity contribution is -0.130. The van der Waals surface area contributed by atoms with Gasteiger partial charge in [0.05, 0.1) is 0 Å². The highest BCUT2D eigenvalue weighted by atomic mass is 16.6. The van der Waals surface area contributed by atoms with Gasteiger partial charge in [0.1, 0.15) is 5.75 Å². The molecule has 0 N–H and O–H groups in total. The Balaban J connectivity index is 1.61. The Morgan fingerprint density at radius 1 is 1.21 bits per heavy atom. The SMILES string of the molecule is O=C(Oc1ccccc1)N1CCN2C(=O)CCC2C1. The van der Waals surface area contributed by atoms with Gasteiger partial charge in [0, 0.05) is 32.1 Å². The van der Waals surface area contributed by atoms with Gasteiger partial charge in [-0.3, -0.25) is 4.79 Å². The van der Waals surface area contributed by atoms with E-state index in [9.17, 15) is 9.59 Å². The molecule has 0 aliphatic carbocycles. The van der Waals surface area contributed by atoms with Crippen molar-refractivity contribution in [2.24, 2.45) is 0 Å². The highest BCUT2D eigenvalue weighted by Gasteiger charge is 2.37. The van der Waals surface area contributed by atoms with Crippen LogP contribution in [-0.2, 0) is 4.79 Å². The van der Waals surface area contributed by atoms with Crippen LogP contribution in [0.15, 0.2) is 30.3 Å². The summed E-state index contributed by atoms with van der Waals surface area (Å²) in [6.45, 7) is 1.75. The number of para-hydroxylation sites is 1. The molecule has 1 aromatic carbocycles. The fourth-order valence-corrected chi connectivity index (χ4v) is 2.68. The van der Waals surface area contributed by atoms with E-state index in [1.165, 1.54) is 0 Å². The second-order valence-electron chi connectivity index (χ2n) is 4.91. The molecule has 0 spiro atoms. The molecule has 0 saturated carbocycles. The molecule has 100 valence electrons. The predicted molar refractivity (Wildman–Crippen MR) is 68.8 cm³/mol. The Morgan fingerprint density at radius 2 is 2.00 bits per heavy atom. The molecule has 1 unspecified atom stereocenters. The first-order valence-corrected chi connectivity index (χ1v) is 6.55. The molecule has 5 nitrogen and oxygen atoms in total. The maximum Gasteiger partial charge on any atom is 0.415 e. The summed E-state index contributed by atoms with van der Waals surface area (Å²) in [7, 11) is 0. The van der Waals surface area contributed by atoms with Crippen molar-refractivity contribution in [2.45, 2.75) is 18.9 Å². The van der Waals surface area contributed by atoms with Crippen molar-refractivity contribution in [2.75, 3.05) is 19.6 Å². The van der Waals surface area contributed by atoms with Gasteiger partial charge >= 0.3 is 6.09 Å². The van der Waals surface area contributed by atoms with Gasteiger partial charge < -0.3 is 14.5 Å². The van der Waals surface area contributed by atoms with E-state index >= 15 is 0 Å². The molecule has 2 aliphatic heterocycles. The molecule has 5 heteroatoms. The van der Waals surface area contributed by atoms with E-state index in [0.29, 0.717) is 31.8 Å². The summed E-state index contributed by atoms with van der Waals surface area (Å²) < 4.78 is 5.31. The number of fused-ring (bicyclic) bond motifs is 1. The van der Waals surface area contributed by atoms with Crippen molar-refractivity contribution < 1.29 is 14.3 Å². The van der Waals surface area contributed by atoms with Gasteiger partial charge in [-0.25, -0.2) is 4.79 Å². The fourth-order valence-electron chi connectivity index (χ4n) is 2.68. The van der Waals surface area contributed by atoms with E-state index in [1.807, 2.05) is 23.1 Å². The van der Waals surface area contributed by atoms with E-state index in [1.54, 1.807) is 17.0 Å². The zero-order chi connectivity index (χ0) is 13.2.